The Morgan fingerprint density at radius 3 is 1.39 bits per heavy atom. The van der Waals surface area contributed by atoms with Gasteiger partial charge < -0.3 is 65.3 Å². The van der Waals surface area contributed by atoms with Gasteiger partial charge >= 0.3 is 0 Å². The quantitative estimate of drug-likeness (QED) is 0.206. The summed E-state index contributed by atoms with van der Waals surface area (Å²) in [5.41, 5.74) is 0. The zero-order chi connectivity index (χ0) is 21.4. The Morgan fingerprint density at radius 2 is 1.18 bits per heavy atom. The summed E-state index contributed by atoms with van der Waals surface area (Å²) in [6.07, 6.45) is -8.79. The molecular formula is C15H30O13. The number of rotatable bonds is 3. The lowest BCUT2D eigenvalue weighted by atomic mass is 10.1. The van der Waals surface area contributed by atoms with Crippen molar-refractivity contribution in [1.29, 1.82) is 0 Å². The summed E-state index contributed by atoms with van der Waals surface area (Å²) >= 11 is 0. The van der Waals surface area contributed by atoms with Crippen LogP contribution in [0.2, 0.25) is 0 Å². The minimum absolute atomic E-state index is 0.145. The second-order valence-electron chi connectivity index (χ2n) is 6.48. The van der Waals surface area contributed by atoms with E-state index in [1.54, 1.807) is 0 Å². The molecule has 0 aliphatic carbocycles. The maximum Gasteiger partial charge on any atom is 0.184 e. The molecule has 3 aliphatic heterocycles. The molecule has 2 unspecified atom stereocenters. The van der Waals surface area contributed by atoms with E-state index in [1.165, 1.54) is 0 Å². The molecule has 3 aliphatic rings. The highest BCUT2D eigenvalue weighted by Gasteiger charge is 2.41. The van der Waals surface area contributed by atoms with E-state index < -0.39 is 68.2 Å². The van der Waals surface area contributed by atoms with Crippen LogP contribution in [-0.4, -0.2) is 132 Å². The monoisotopic (exact) mass is 418 g/mol. The van der Waals surface area contributed by atoms with Gasteiger partial charge in [0, 0.05) is 12.8 Å². The average Bonchev–Trinajstić information content (AvgIpc) is 3.26. The van der Waals surface area contributed by atoms with Crippen molar-refractivity contribution < 1.29 is 65.3 Å². The molecule has 3 saturated heterocycles. The van der Waals surface area contributed by atoms with Gasteiger partial charge in [0.1, 0.15) is 30.5 Å². The van der Waals surface area contributed by atoms with E-state index in [0.717, 1.165) is 0 Å². The van der Waals surface area contributed by atoms with Crippen molar-refractivity contribution >= 4 is 0 Å². The molecule has 0 radical (unpaired) electrons. The molecule has 3 fully saturated rings. The first kappa shape index (κ1) is 25.5. The van der Waals surface area contributed by atoms with E-state index in [4.69, 9.17) is 51.1 Å². The van der Waals surface area contributed by atoms with E-state index in [0.29, 0.717) is 6.42 Å². The molecular weight excluding hydrogens is 388 g/mol. The van der Waals surface area contributed by atoms with E-state index >= 15 is 0 Å². The first-order valence-electron chi connectivity index (χ1n) is 8.69. The largest absolute Gasteiger partial charge is 0.394 e. The Labute approximate surface area is 160 Å². The second kappa shape index (κ2) is 12.2. The Balaban J connectivity index is 0.000000210. The molecule has 0 aromatic carbocycles. The SMILES string of the molecule is OC[C@@H]1CC(O)[C@H](O)O1.OC[C@H]1O[C@@H](O)C(O)[C@H]1O.OC[C@H]1O[C@@H](O)C[C@H]1O. The van der Waals surface area contributed by atoms with Crippen molar-refractivity contribution in [2.45, 2.75) is 74.4 Å². The van der Waals surface area contributed by atoms with Crippen LogP contribution in [0.5, 0.6) is 0 Å². The molecule has 0 bridgehead atoms. The number of hydrogen-bond acceptors (Lipinski definition) is 13. The summed E-state index contributed by atoms with van der Waals surface area (Å²) in [5, 5.41) is 87.0. The molecule has 13 nitrogen and oxygen atoms in total. The molecule has 10 N–H and O–H groups in total. The first-order chi connectivity index (χ1) is 13.1. The Bertz CT molecular complexity index is 417. The van der Waals surface area contributed by atoms with Gasteiger partial charge in [-0.05, 0) is 0 Å². The van der Waals surface area contributed by atoms with Gasteiger partial charge in [-0.25, -0.2) is 0 Å². The Hall–Kier alpha value is -0.520. The lowest BCUT2D eigenvalue weighted by Gasteiger charge is -2.09. The maximum absolute atomic E-state index is 8.93. The summed E-state index contributed by atoms with van der Waals surface area (Å²) in [6.45, 7) is -0.790. The van der Waals surface area contributed by atoms with Crippen LogP contribution in [0, 0.1) is 0 Å². The predicted molar refractivity (Wildman–Crippen MR) is 87.2 cm³/mol. The highest BCUT2D eigenvalue weighted by Crippen LogP contribution is 2.19. The summed E-state index contributed by atoms with van der Waals surface area (Å²) < 4.78 is 13.9. The zero-order valence-electron chi connectivity index (χ0n) is 15.0. The molecule has 0 aromatic rings. The van der Waals surface area contributed by atoms with E-state index in [2.05, 4.69) is 14.2 Å². The Kier molecular flexibility index (Phi) is 11.2. The fourth-order valence-electron chi connectivity index (χ4n) is 2.60. The van der Waals surface area contributed by atoms with Gasteiger partial charge in [-0.15, -0.1) is 0 Å². The molecule has 0 aromatic heterocycles. The topological polar surface area (TPSA) is 230 Å². The smallest absolute Gasteiger partial charge is 0.184 e. The first-order valence-corrected chi connectivity index (χ1v) is 8.69. The number of aliphatic hydroxyl groups excluding tert-OH is 10. The van der Waals surface area contributed by atoms with Gasteiger partial charge in [-0.1, -0.05) is 0 Å². The van der Waals surface area contributed by atoms with Gasteiger partial charge in [-0.3, -0.25) is 0 Å². The van der Waals surface area contributed by atoms with Crippen LogP contribution in [0.1, 0.15) is 12.8 Å². The van der Waals surface area contributed by atoms with Crippen LogP contribution in [-0.2, 0) is 14.2 Å². The van der Waals surface area contributed by atoms with Crippen molar-refractivity contribution in [2.24, 2.45) is 0 Å². The number of ether oxygens (including phenoxy) is 3. The molecule has 13 heteroatoms. The molecule has 168 valence electrons. The highest BCUT2D eigenvalue weighted by atomic mass is 16.7. The third-order valence-corrected chi connectivity index (χ3v) is 4.27. The molecule has 0 saturated carbocycles. The van der Waals surface area contributed by atoms with Gasteiger partial charge in [0.2, 0.25) is 0 Å². The van der Waals surface area contributed by atoms with Crippen molar-refractivity contribution in [1.82, 2.24) is 0 Å². The summed E-state index contributed by atoms with van der Waals surface area (Å²) in [4.78, 5) is 0. The van der Waals surface area contributed by atoms with Crippen molar-refractivity contribution in [3.8, 4) is 0 Å². The minimum Gasteiger partial charge on any atom is -0.394 e. The molecule has 10 atom stereocenters. The second-order valence-corrected chi connectivity index (χ2v) is 6.48. The van der Waals surface area contributed by atoms with Crippen LogP contribution in [0.3, 0.4) is 0 Å². The van der Waals surface area contributed by atoms with Crippen LogP contribution in [0.25, 0.3) is 0 Å². The standard InChI is InChI=1S/C5H10O5.2C5H10O4/c6-1-2-3(7)4(8)5(9)10-2;6-2-4-3(7)1-5(8)9-4;6-2-3-1-4(7)5(8)9-3/h2-9H,1H2;2*3-8H,1-2H2/t2-,3+,4?,5-;3-,4-,5-;3-,4?,5+/m110/s1. The van der Waals surface area contributed by atoms with E-state index in [-0.39, 0.29) is 19.6 Å². The minimum atomic E-state index is -1.38. The lowest BCUT2D eigenvalue weighted by molar-refractivity contribution is -0.133. The fraction of sp³-hybridized carbons (Fsp3) is 1.00. The van der Waals surface area contributed by atoms with E-state index in [1.807, 2.05) is 0 Å². The summed E-state index contributed by atoms with van der Waals surface area (Å²) in [7, 11) is 0. The lowest BCUT2D eigenvalue weighted by Crippen LogP contribution is -2.33. The third kappa shape index (κ3) is 7.38. The maximum atomic E-state index is 8.93. The normalized spacial score (nSPS) is 45.2. The van der Waals surface area contributed by atoms with E-state index in [9.17, 15) is 0 Å². The van der Waals surface area contributed by atoms with Gasteiger partial charge in [0.25, 0.3) is 0 Å². The molecule has 0 spiro atoms. The summed E-state index contributed by atoms with van der Waals surface area (Å²) in [6, 6.07) is 0. The third-order valence-electron chi connectivity index (χ3n) is 4.27. The molecule has 28 heavy (non-hydrogen) atoms. The summed E-state index contributed by atoms with van der Waals surface area (Å²) in [5.74, 6) is 0. The number of aliphatic hydroxyl groups is 10. The van der Waals surface area contributed by atoms with Gasteiger partial charge in [0.15, 0.2) is 18.9 Å². The van der Waals surface area contributed by atoms with Crippen LogP contribution in [0.15, 0.2) is 0 Å². The Morgan fingerprint density at radius 1 is 0.571 bits per heavy atom. The van der Waals surface area contributed by atoms with Crippen LogP contribution in [0.4, 0.5) is 0 Å². The predicted octanol–water partition coefficient (Wildman–Crippen LogP) is -5.69. The van der Waals surface area contributed by atoms with Gasteiger partial charge in [-0.2, -0.15) is 0 Å². The van der Waals surface area contributed by atoms with Crippen molar-refractivity contribution in [3.05, 3.63) is 0 Å². The van der Waals surface area contributed by atoms with Crippen LogP contribution >= 0.6 is 0 Å². The number of hydrogen-bond donors (Lipinski definition) is 10. The highest BCUT2D eigenvalue weighted by molar-refractivity contribution is 4.84. The molecule has 3 heterocycles. The van der Waals surface area contributed by atoms with Crippen molar-refractivity contribution in [3.63, 3.8) is 0 Å². The van der Waals surface area contributed by atoms with Crippen molar-refractivity contribution in [2.75, 3.05) is 19.8 Å². The molecule has 3 rings (SSSR count). The fourth-order valence-corrected chi connectivity index (χ4v) is 2.60. The van der Waals surface area contributed by atoms with Crippen LogP contribution < -0.4 is 0 Å². The average molecular weight is 418 g/mol. The zero-order valence-corrected chi connectivity index (χ0v) is 15.0. The van der Waals surface area contributed by atoms with Gasteiger partial charge in [0.05, 0.1) is 32.0 Å². The molecule has 0 amide bonds.